The maximum absolute atomic E-state index is 5.59. The maximum atomic E-state index is 5.59. The van der Waals surface area contributed by atoms with E-state index in [1.807, 2.05) is 41.8 Å². The number of halogens is 1. The molecule has 0 aliphatic carbocycles. The van der Waals surface area contributed by atoms with Gasteiger partial charge in [0.15, 0.2) is 0 Å². The van der Waals surface area contributed by atoms with Crippen LogP contribution in [0.5, 0.6) is 5.75 Å². The maximum Gasteiger partial charge on any atom is 0.203 e. The van der Waals surface area contributed by atoms with Gasteiger partial charge in [-0.1, -0.05) is 30.3 Å². The van der Waals surface area contributed by atoms with Gasteiger partial charge in [0.05, 0.1) is 23.0 Å². The second kappa shape index (κ2) is 6.75. The van der Waals surface area contributed by atoms with Gasteiger partial charge < -0.3 is 4.74 Å². The number of ether oxygens (including phenoxy) is 1. The summed E-state index contributed by atoms with van der Waals surface area (Å²) in [6.07, 6.45) is 2.74. The Morgan fingerprint density at radius 3 is 3.00 bits per heavy atom. The van der Waals surface area contributed by atoms with Crippen molar-refractivity contribution in [3.05, 3.63) is 63.4 Å². The van der Waals surface area contributed by atoms with E-state index in [1.165, 1.54) is 16.9 Å². The molecule has 0 fully saturated rings. The van der Waals surface area contributed by atoms with Gasteiger partial charge in [-0.05, 0) is 39.2 Å². The van der Waals surface area contributed by atoms with E-state index in [0.29, 0.717) is 0 Å². The van der Waals surface area contributed by atoms with Gasteiger partial charge in [-0.2, -0.15) is 5.10 Å². The van der Waals surface area contributed by atoms with Crippen LogP contribution in [0.15, 0.2) is 57.4 Å². The van der Waals surface area contributed by atoms with Crippen molar-refractivity contribution >= 4 is 38.6 Å². The number of rotatable bonds is 4. The van der Waals surface area contributed by atoms with Crippen LogP contribution in [-0.2, 0) is 6.42 Å². The van der Waals surface area contributed by atoms with Crippen LogP contribution >= 0.6 is 27.3 Å². The largest absolute Gasteiger partial charge is 0.492 e. The van der Waals surface area contributed by atoms with Crippen molar-refractivity contribution < 1.29 is 4.74 Å². The Hall–Kier alpha value is -2.18. The molecule has 1 N–H and O–H groups in total. The van der Waals surface area contributed by atoms with Gasteiger partial charge in [-0.15, -0.1) is 11.3 Å². The highest BCUT2D eigenvalue weighted by atomic mass is 79.9. The third-order valence-corrected chi connectivity index (χ3v) is 5.04. The highest BCUT2D eigenvalue weighted by molar-refractivity contribution is 9.10. The Kier molecular flexibility index (Phi) is 4.32. The first-order chi connectivity index (χ1) is 11.8. The van der Waals surface area contributed by atoms with Crippen LogP contribution in [0.4, 0.5) is 5.13 Å². The van der Waals surface area contributed by atoms with Crippen LogP contribution in [0, 0.1) is 0 Å². The lowest BCUT2D eigenvalue weighted by Gasteiger charge is -2.03. The first kappa shape index (κ1) is 15.4. The number of hydrogen-bond acceptors (Lipinski definition) is 5. The van der Waals surface area contributed by atoms with Crippen molar-refractivity contribution in [3.8, 4) is 17.0 Å². The van der Waals surface area contributed by atoms with Gasteiger partial charge >= 0.3 is 0 Å². The Morgan fingerprint density at radius 1 is 1.25 bits per heavy atom. The second-order valence-electron chi connectivity index (χ2n) is 5.36. The SMILES string of the molecule is Brc1cc(C=NNc2nc(-c3ccccc3)cs2)cc2c1OCC2. The normalized spacial score (nSPS) is 13.0. The smallest absolute Gasteiger partial charge is 0.203 e. The zero-order valence-corrected chi connectivity index (χ0v) is 15.1. The molecule has 0 radical (unpaired) electrons. The number of hydrazone groups is 1. The molecule has 1 aromatic heterocycles. The van der Waals surface area contributed by atoms with E-state index >= 15 is 0 Å². The molecule has 2 aromatic carbocycles. The molecule has 120 valence electrons. The number of aromatic nitrogens is 1. The molecule has 24 heavy (non-hydrogen) atoms. The van der Waals surface area contributed by atoms with Crippen molar-refractivity contribution in [2.45, 2.75) is 6.42 Å². The van der Waals surface area contributed by atoms with Crippen LogP contribution in [0.25, 0.3) is 11.3 Å². The summed E-state index contributed by atoms with van der Waals surface area (Å²) < 4.78 is 6.56. The monoisotopic (exact) mass is 399 g/mol. The van der Waals surface area contributed by atoms with Gasteiger partial charge in [0, 0.05) is 17.4 Å². The Morgan fingerprint density at radius 2 is 2.12 bits per heavy atom. The van der Waals surface area contributed by atoms with Gasteiger partial charge in [0.2, 0.25) is 5.13 Å². The van der Waals surface area contributed by atoms with Crippen molar-refractivity contribution in [1.29, 1.82) is 0 Å². The number of fused-ring (bicyclic) bond motifs is 1. The summed E-state index contributed by atoms with van der Waals surface area (Å²) in [7, 11) is 0. The van der Waals surface area contributed by atoms with Gasteiger partial charge in [0.25, 0.3) is 0 Å². The van der Waals surface area contributed by atoms with E-state index in [1.54, 1.807) is 6.21 Å². The van der Waals surface area contributed by atoms with Crippen molar-refractivity contribution in [2.24, 2.45) is 5.10 Å². The van der Waals surface area contributed by atoms with E-state index in [-0.39, 0.29) is 0 Å². The first-order valence-corrected chi connectivity index (χ1v) is 9.22. The summed E-state index contributed by atoms with van der Waals surface area (Å²) in [6, 6.07) is 14.2. The molecule has 0 saturated heterocycles. The molecule has 0 spiro atoms. The highest BCUT2D eigenvalue weighted by Crippen LogP contribution is 2.34. The van der Waals surface area contributed by atoms with Crippen LogP contribution in [0.2, 0.25) is 0 Å². The minimum atomic E-state index is 0.744. The third kappa shape index (κ3) is 3.20. The van der Waals surface area contributed by atoms with Crippen molar-refractivity contribution in [3.63, 3.8) is 0 Å². The molecule has 0 unspecified atom stereocenters. The van der Waals surface area contributed by atoms with E-state index < -0.39 is 0 Å². The molecule has 0 bridgehead atoms. The molecular formula is C18H14BrN3OS. The minimum Gasteiger partial charge on any atom is -0.492 e. The summed E-state index contributed by atoms with van der Waals surface area (Å²) in [5.41, 5.74) is 7.30. The lowest BCUT2D eigenvalue weighted by atomic mass is 10.1. The van der Waals surface area contributed by atoms with E-state index in [0.717, 1.165) is 45.2 Å². The average molecular weight is 400 g/mol. The topological polar surface area (TPSA) is 46.5 Å². The minimum absolute atomic E-state index is 0.744. The molecule has 0 saturated carbocycles. The van der Waals surface area contributed by atoms with E-state index in [2.05, 4.69) is 37.5 Å². The molecular weight excluding hydrogens is 386 g/mol. The van der Waals surface area contributed by atoms with Crippen molar-refractivity contribution in [2.75, 3.05) is 12.0 Å². The Bertz CT molecular complexity index is 893. The first-order valence-electron chi connectivity index (χ1n) is 7.55. The molecule has 4 nitrogen and oxygen atoms in total. The fraction of sp³-hybridized carbons (Fsp3) is 0.111. The van der Waals surface area contributed by atoms with Gasteiger partial charge in [0.1, 0.15) is 5.75 Å². The van der Waals surface area contributed by atoms with Gasteiger partial charge in [-0.25, -0.2) is 4.98 Å². The third-order valence-electron chi connectivity index (χ3n) is 3.71. The standard InChI is InChI=1S/C18H14BrN3OS/c19-15-9-12(8-14-6-7-23-17(14)15)10-20-22-18-21-16(11-24-18)13-4-2-1-3-5-13/h1-5,8-11H,6-7H2,(H,21,22). The predicted molar refractivity (Wildman–Crippen MR) is 102 cm³/mol. The summed E-state index contributed by atoms with van der Waals surface area (Å²) in [6.45, 7) is 0.744. The van der Waals surface area contributed by atoms with Gasteiger partial charge in [-0.3, -0.25) is 5.43 Å². The predicted octanol–water partition coefficient (Wildman–Crippen LogP) is 4.95. The lowest BCUT2D eigenvalue weighted by molar-refractivity contribution is 0.355. The molecule has 1 aliphatic heterocycles. The fourth-order valence-corrected chi connectivity index (χ4v) is 3.89. The van der Waals surface area contributed by atoms with E-state index in [9.17, 15) is 0 Å². The molecule has 2 heterocycles. The zero-order valence-electron chi connectivity index (χ0n) is 12.7. The quantitative estimate of drug-likeness (QED) is 0.498. The fourth-order valence-electron chi connectivity index (χ4n) is 2.59. The summed E-state index contributed by atoms with van der Waals surface area (Å²) >= 11 is 5.08. The average Bonchev–Trinajstić information content (AvgIpc) is 3.25. The number of hydrogen-bond donors (Lipinski definition) is 1. The van der Waals surface area contributed by atoms with Crippen LogP contribution in [-0.4, -0.2) is 17.8 Å². The molecule has 0 atom stereocenters. The number of thiazole rings is 1. The molecule has 3 aromatic rings. The zero-order chi connectivity index (χ0) is 16.4. The number of nitrogens with one attached hydrogen (secondary N) is 1. The van der Waals surface area contributed by atoms with Crippen LogP contribution < -0.4 is 10.2 Å². The molecule has 4 rings (SSSR count). The summed E-state index contributed by atoms with van der Waals surface area (Å²) in [4.78, 5) is 4.55. The highest BCUT2D eigenvalue weighted by Gasteiger charge is 2.15. The summed E-state index contributed by atoms with van der Waals surface area (Å²) in [5.74, 6) is 0.951. The second-order valence-corrected chi connectivity index (χ2v) is 7.08. The van der Waals surface area contributed by atoms with E-state index in [4.69, 9.17) is 4.74 Å². The summed E-state index contributed by atoms with van der Waals surface area (Å²) in [5, 5.41) is 7.09. The number of benzene rings is 2. The lowest BCUT2D eigenvalue weighted by Crippen LogP contribution is -1.91. The van der Waals surface area contributed by atoms with Crippen LogP contribution in [0.3, 0.4) is 0 Å². The molecule has 1 aliphatic rings. The molecule has 6 heteroatoms. The number of anilines is 1. The number of nitrogens with zero attached hydrogens (tertiary/aromatic N) is 2. The molecule has 0 amide bonds. The van der Waals surface area contributed by atoms with Crippen molar-refractivity contribution in [1.82, 2.24) is 4.98 Å². The Balaban J connectivity index is 1.47. The Labute approximate surface area is 152 Å². The van der Waals surface area contributed by atoms with Crippen LogP contribution in [0.1, 0.15) is 11.1 Å².